The van der Waals surface area contributed by atoms with Crippen molar-refractivity contribution in [2.75, 3.05) is 32.0 Å². The van der Waals surface area contributed by atoms with Crippen LogP contribution >= 0.6 is 0 Å². The van der Waals surface area contributed by atoms with Crippen LogP contribution < -0.4 is 24.8 Å². The molecule has 0 bridgehead atoms. The molecule has 0 saturated carbocycles. The number of methoxy groups -OCH3 is 3. The highest BCUT2D eigenvalue weighted by Gasteiger charge is 2.09. The summed E-state index contributed by atoms with van der Waals surface area (Å²) in [5.41, 5.74) is 1.45. The maximum Gasteiger partial charge on any atom is 0.249 e. The number of hydrogen-bond acceptors (Lipinski definition) is 8. The van der Waals surface area contributed by atoms with Crippen LogP contribution in [0.15, 0.2) is 48.7 Å². The number of aromatic nitrogens is 3. The molecule has 0 unspecified atom stereocenters. The van der Waals surface area contributed by atoms with Crippen molar-refractivity contribution in [3.63, 3.8) is 0 Å². The second kappa shape index (κ2) is 8.02. The maximum absolute atomic E-state index is 5.35. The standard InChI is InChI=1S/C18H19N5O3/c1-24-12-8-9-16(26-3)14(10-12)21-18-22-17(11-19-23-18)20-13-6-4-5-7-15(13)25-2/h4-11H,1-3H3,(H2,20,21,22,23). The second-order valence-corrected chi connectivity index (χ2v) is 5.18. The Morgan fingerprint density at radius 1 is 0.808 bits per heavy atom. The quantitative estimate of drug-likeness (QED) is 0.668. The fraction of sp³-hybridized carbons (Fsp3) is 0.167. The number of nitrogens with one attached hydrogen (secondary N) is 2. The normalized spacial score (nSPS) is 10.1. The van der Waals surface area contributed by atoms with Gasteiger partial charge in [-0.15, -0.1) is 5.10 Å². The topological polar surface area (TPSA) is 90.4 Å². The van der Waals surface area contributed by atoms with Gasteiger partial charge in [0.2, 0.25) is 5.95 Å². The third-order valence-corrected chi connectivity index (χ3v) is 3.58. The molecule has 0 aliphatic heterocycles. The van der Waals surface area contributed by atoms with Crippen molar-refractivity contribution >= 4 is 23.1 Å². The van der Waals surface area contributed by atoms with E-state index < -0.39 is 0 Å². The Hall–Kier alpha value is -3.55. The van der Waals surface area contributed by atoms with Crippen LogP contribution in [0.1, 0.15) is 0 Å². The van der Waals surface area contributed by atoms with Gasteiger partial charge in [-0.3, -0.25) is 0 Å². The summed E-state index contributed by atoms with van der Waals surface area (Å²) in [7, 11) is 4.80. The van der Waals surface area contributed by atoms with E-state index in [0.717, 1.165) is 5.69 Å². The maximum atomic E-state index is 5.35. The van der Waals surface area contributed by atoms with Gasteiger partial charge >= 0.3 is 0 Å². The van der Waals surface area contributed by atoms with Gasteiger partial charge in [-0.2, -0.15) is 10.1 Å². The molecule has 2 aromatic carbocycles. The number of hydrogen-bond donors (Lipinski definition) is 2. The SMILES string of the molecule is COc1ccc(OC)c(Nc2nncc(Nc3ccccc3OC)n2)c1. The molecule has 0 atom stereocenters. The average Bonchev–Trinajstić information content (AvgIpc) is 2.68. The molecule has 0 radical (unpaired) electrons. The van der Waals surface area contributed by atoms with E-state index in [9.17, 15) is 0 Å². The Labute approximate surface area is 151 Å². The zero-order chi connectivity index (χ0) is 18.4. The molecule has 3 rings (SSSR count). The molecule has 1 heterocycles. The Kier molecular flexibility index (Phi) is 5.33. The van der Waals surface area contributed by atoms with Crippen molar-refractivity contribution in [2.45, 2.75) is 0 Å². The Morgan fingerprint density at radius 3 is 2.35 bits per heavy atom. The first-order valence-electron chi connectivity index (χ1n) is 7.82. The lowest BCUT2D eigenvalue weighted by atomic mass is 10.2. The summed E-state index contributed by atoms with van der Waals surface area (Å²) in [4.78, 5) is 4.42. The van der Waals surface area contributed by atoms with Crippen LogP contribution in [0, 0.1) is 0 Å². The second-order valence-electron chi connectivity index (χ2n) is 5.18. The van der Waals surface area contributed by atoms with E-state index in [2.05, 4.69) is 25.8 Å². The van der Waals surface area contributed by atoms with Crippen molar-refractivity contribution in [1.29, 1.82) is 0 Å². The molecule has 26 heavy (non-hydrogen) atoms. The molecule has 0 fully saturated rings. The van der Waals surface area contributed by atoms with Crippen molar-refractivity contribution in [2.24, 2.45) is 0 Å². The minimum atomic E-state index is 0.316. The number of ether oxygens (including phenoxy) is 3. The zero-order valence-electron chi connectivity index (χ0n) is 14.7. The van der Waals surface area contributed by atoms with Crippen LogP contribution in [0.25, 0.3) is 0 Å². The first-order chi connectivity index (χ1) is 12.7. The fourth-order valence-corrected chi connectivity index (χ4v) is 2.33. The van der Waals surface area contributed by atoms with E-state index in [-0.39, 0.29) is 0 Å². The number of nitrogens with zero attached hydrogens (tertiary/aromatic N) is 3. The fourth-order valence-electron chi connectivity index (χ4n) is 2.33. The van der Waals surface area contributed by atoms with Crippen molar-refractivity contribution in [3.8, 4) is 17.2 Å². The van der Waals surface area contributed by atoms with E-state index in [0.29, 0.717) is 34.7 Å². The van der Waals surface area contributed by atoms with Crippen LogP contribution in [-0.4, -0.2) is 36.5 Å². The molecule has 0 aliphatic rings. The predicted molar refractivity (Wildman–Crippen MR) is 98.9 cm³/mol. The first kappa shape index (κ1) is 17.3. The molecule has 0 amide bonds. The van der Waals surface area contributed by atoms with Gasteiger partial charge in [0.25, 0.3) is 0 Å². The predicted octanol–water partition coefficient (Wildman–Crippen LogP) is 3.38. The van der Waals surface area contributed by atoms with Crippen molar-refractivity contribution in [3.05, 3.63) is 48.7 Å². The molecule has 8 heteroatoms. The molecule has 3 aromatic rings. The third-order valence-electron chi connectivity index (χ3n) is 3.58. The molecule has 0 spiro atoms. The number of rotatable bonds is 7. The van der Waals surface area contributed by atoms with E-state index in [1.807, 2.05) is 30.3 Å². The van der Waals surface area contributed by atoms with E-state index in [1.54, 1.807) is 33.5 Å². The molecule has 8 nitrogen and oxygen atoms in total. The highest BCUT2D eigenvalue weighted by Crippen LogP contribution is 2.31. The lowest BCUT2D eigenvalue weighted by Crippen LogP contribution is -2.04. The number of para-hydroxylation sites is 2. The monoisotopic (exact) mass is 353 g/mol. The van der Waals surface area contributed by atoms with Crippen LogP contribution in [0.5, 0.6) is 17.2 Å². The third kappa shape index (κ3) is 3.92. The van der Waals surface area contributed by atoms with E-state index in [4.69, 9.17) is 14.2 Å². The molecule has 1 aromatic heterocycles. The summed E-state index contributed by atoms with van der Waals surface area (Å²) in [6.45, 7) is 0. The van der Waals surface area contributed by atoms with Crippen LogP contribution in [-0.2, 0) is 0 Å². The molecule has 0 saturated heterocycles. The van der Waals surface area contributed by atoms with Gasteiger partial charge in [0, 0.05) is 6.07 Å². The summed E-state index contributed by atoms with van der Waals surface area (Å²) in [5.74, 6) is 2.86. The van der Waals surface area contributed by atoms with Crippen LogP contribution in [0.2, 0.25) is 0 Å². The van der Waals surface area contributed by atoms with Gasteiger partial charge in [-0.25, -0.2) is 0 Å². The Morgan fingerprint density at radius 2 is 1.58 bits per heavy atom. The smallest absolute Gasteiger partial charge is 0.249 e. The molecular formula is C18H19N5O3. The minimum Gasteiger partial charge on any atom is -0.497 e. The molecule has 0 aliphatic carbocycles. The van der Waals surface area contributed by atoms with Gasteiger partial charge in [0.1, 0.15) is 17.2 Å². The molecule has 134 valence electrons. The summed E-state index contributed by atoms with van der Waals surface area (Å²) in [6, 6.07) is 12.9. The highest BCUT2D eigenvalue weighted by atomic mass is 16.5. The highest BCUT2D eigenvalue weighted by molar-refractivity contribution is 5.67. The Balaban J connectivity index is 1.84. The summed E-state index contributed by atoms with van der Waals surface area (Å²) < 4.78 is 15.9. The van der Waals surface area contributed by atoms with E-state index in [1.165, 1.54) is 6.20 Å². The first-order valence-corrected chi connectivity index (χ1v) is 7.82. The van der Waals surface area contributed by atoms with Crippen molar-refractivity contribution in [1.82, 2.24) is 15.2 Å². The van der Waals surface area contributed by atoms with Gasteiger partial charge in [-0.1, -0.05) is 12.1 Å². The summed E-state index contributed by atoms with van der Waals surface area (Å²) >= 11 is 0. The number of benzene rings is 2. The number of anilines is 4. The van der Waals surface area contributed by atoms with Crippen molar-refractivity contribution < 1.29 is 14.2 Å². The average molecular weight is 353 g/mol. The van der Waals surface area contributed by atoms with Crippen LogP contribution in [0.4, 0.5) is 23.1 Å². The Bertz CT molecular complexity index is 888. The van der Waals surface area contributed by atoms with Gasteiger partial charge in [0.05, 0.1) is 38.9 Å². The van der Waals surface area contributed by atoms with Gasteiger partial charge < -0.3 is 24.8 Å². The summed E-state index contributed by atoms with van der Waals surface area (Å²) in [6.07, 6.45) is 1.53. The molecule has 2 N–H and O–H groups in total. The van der Waals surface area contributed by atoms with E-state index >= 15 is 0 Å². The zero-order valence-corrected chi connectivity index (χ0v) is 14.7. The van der Waals surface area contributed by atoms with Gasteiger partial charge in [-0.05, 0) is 24.3 Å². The van der Waals surface area contributed by atoms with Crippen LogP contribution in [0.3, 0.4) is 0 Å². The van der Waals surface area contributed by atoms with Gasteiger partial charge in [0.15, 0.2) is 5.82 Å². The lowest BCUT2D eigenvalue weighted by Gasteiger charge is -2.13. The molecular weight excluding hydrogens is 334 g/mol. The lowest BCUT2D eigenvalue weighted by molar-refractivity contribution is 0.405. The minimum absolute atomic E-state index is 0.316. The largest absolute Gasteiger partial charge is 0.497 e. The summed E-state index contributed by atoms with van der Waals surface area (Å²) in [5, 5.41) is 14.2.